The number of aromatic nitrogens is 2. The van der Waals surface area contributed by atoms with Crippen molar-refractivity contribution in [2.45, 2.75) is 19.9 Å². The van der Waals surface area contributed by atoms with Crippen molar-refractivity contribution >= 4 is 11.0 Å². The minimum atomic E-state index is -0.0532. The van der Waals surface area contributed by atoms with Crippen LogP contribution >= 0.6 is 0 Å². The number of nitrogens with one attached hydrogen (secondary N) is 1. The molecule has 1 unspecified atom stereocenters. The Bertz CT molecular complexity index is 814. The number of hydrogen-bond acceptors (Lipinski definition) is 3. The molecule has 3 aromatic rings. The van der Waals surface area contributed by atoms with Gasteiger partial charge < -0.3 is 9.88 Å². The van der Waals surface area contributed by atoms with Crippen LogP contribution in [0.1, 0.15) is 25.7 Å². The fourth-order valence-electron chi connectivity index (χ4n) is 2.62. The highest BCUT2D eigenvalue weighted by atomic mass is 15.2. The second kappa shape index (κ2) is 5.90. The summed E-state index contributed by atoms with van der Waals surface area (Å²) in [7, 11) is 0. The molecule has 0 saturated carbocycles. The van der Waals surface area contributed by atoms with E-state index in [-0.39, 0.29) is 6.04 Å². The van der Waals surface area contributed by atoms with Crippen molar-refractivity contribution in [2.24, 2.45) is 0 Å². The van der Waals surface area contributed by atoms with Crippen LogP contribution in [-0.4, -0.2) is 21.4 Å². The van der Waals surface area contributed by atoms with E-state index in [1.807, 2.05) is 38.1 Å². The molecule has 110 valence electrons. The van der Waals surface area contributed by atoms with Crippen LogP contribution in [0.4, 0.5) is 0 Å². The number of nitriles is 1. The third-order valence-electron chi connectivity index (χ3n) is 3.94. The molecular formula is C18H18N4. The molecule has 1 atom stereocenters. The van der Waals surface area contributed by atoms with Crippen LogP contribution in [-0.2, 0) is 0 Å². The van der Waals surface area contributed by atoms with Gasteiger partial charge in [0.15, 0.2) is 6.19 Å². The van der Waals surface area contributed by atoms with Crippen LogP contribution in [0.3, 0.4) is 0 Å². The number of H-pyrrole nitrogens is 1. The van der Waals surface area contributed by atoms with Crippen LogP contribution in [0.25, 0.3) is 22.2 Å². The third-order valence-corrected chi connectivity index (χ3v) is 3.94. The summed E-state index contributed by atoms with van der Waals surface area (Å²) in [6.07, 6.45) is 2.20. The third kappa shape index (κ3) is 2.53. The Balaban J connectivity index is 1.99. The Hall–Kier alpha value is -2.80. The molecule has 0 radical (unpaired) electrons. The summed E-state index contributed by atoms with van der Waals surface area (Å²) in [6.45, 7) is 4.63. The Morgan fingerprint density at radius 1 is 1.18 bits per heavy atom. The van der Waals surface area contributed by atoms with E-state index < -0.39 is 0 Å². The van der Waals surface area contributed by atoms with Gasteiger partial charge >= 0.3 is 0 Å². The van der Waals surface area contributed by atoms with E-state index in [4.69, 9.17) is 5.26 Å². The number of nitrogens with zero attached hydrogens (tertiary/aromatic N) is 3. The van der Waals surface area contributed by atoms with Gasteiger partial charge in [0.2, 0.25) is 0 Å². The molecule has 4 heteroatoms. The number of fused-ring (bicyclic) bond motifs is 1. The smallest absolute Gasteiger partial charge is 0.179 e. The highest BCUT2D eigenvalue weighted by Crippen LogP contribution is 2.25. The van der Waals surface area contributed by atoms with Gasteiger partial charge in [-0.15, -0.1) is 0 Å². The van der Waals surface area contributed by atoms with E-state index >= 15 is 0 Å². The number of hydrogen-bond donors (Lipinski definition) is 1. The molecular weight excluding hydrogens is 272 g/mol. The van der Waals surface area contributed by atoms with Gasteiger partial charge in [-0.05, 0) is 37.1 Å². The number of benzene rings is 2. The topological polar surface area (TPSA) is 55.7 Å². The highest BCUT2D eigenvalue weighted by Gasteiger charge is 2.16. The first-order valence-corrected chi connectivity index (χ1v) is 7.44. The van der Waals surface area contributed by atoms with Crippen molar-refractivity contribution in [3.63, 3.8) is 0 Å². The van der Waals surface area contributed by atoms with Crippen LogP contribution in [0.15, 0.2) is 48.5 Å². The molecule has 0 spiro atoms. The Morgan fingerprint density at radius 3 is 2.64 bits per heavy atom. The fourth-order valence-corrected chi connectivity index (χ4v) is 2.62. The summed E-state index contributed by atoms with van der Waals surface area (Å²) in [6, 6.07) is 16.4. The van der Waals surface area contributed by atoms with Crippen molar-refractivity contribution < 1.29 is 0 Å². The zero-order valence-electron chi connectivity index (χ0n) is 12.7. The molecule has 22 heavy (non-hydrogen) atoms. The Kier molecular flexibility index (Phi) is 3.80. The van der Waals surface area contributed by atoms with Gasteiger partial charge in [0.1, 0.15) is 5.82 Å². The van der Waals surface area contributed by atoms with Gasteiger partial charge in [-0.2, -0.15) is 5.26 Å². The molecule has 4 nitrogen and oxygen atoms in total. The summed E-state index contributed by atoms with van der Waals surface area (Å²) >= 11 is 0. The molecule has 3 rings (SSSR count). The summed E-state index contributed by atoms with van der Waals surface area (Å²) in [5.41, 5.74) is 4.26. The molecule has 0 fully saturated rings. The molecule has 1 N–H and O–H groups in total. The predicted octanol–water partition coefficient (Wildman–Crippen LogP) is 4.09. The monoisotopic (exact) mass is 290 g/mol. The van der Waals surface area contributed by atoms with Gasteiger partial charge in [-0.1, -0.05) is 36.4 Å². The molecule has 1 heterocycles. The van der Waals surface area contributed by atoms with Gasteiger partial charge in [0, 0.05) is 6.54 Å². The fraction of sp³-hybridized carbons (Fsp3) is 0.222. The molecule has 0 bridgehead atoms. The second-order valence-corrected chi connectivity index (χ2v) is 5.28. The lowest BCUT2D eigenvalue weighted by Crippen LogP contribution is -2.22. The second-order valence-electron chi connectivity index (χ2n) is 5.28. The number of rotatable bonds is 4. The van der Waals surface area contributed by atoms with Crippen LogP contribution in [0.5, 0.6) is 0 Å². The number of aromatic amines is 1. The van der Waals surface area contributed by atoms with Gasteiger partial charge in [-0.25, -0.2) is 4.98 Å². The zero-order valence-corrected chi connectivity index (χ0v) is 12.7. The molecule has 1 aromatic heterocycles. The van der Waals surface area contributed by atoms with Crippen LogP contribution in [0.2, 0.25) is 0 Å². The average Bonchev–Trinajstić information content (AvgIpc) is 2.99. The Morgan fingerprint density at radius 2 is 1.95 bits per heavy atom. The summed E-state index contributed by atoms with van der Waals surface area (Å²) in [5, 5.41) is 9.16. The summed E-state index contributed by atoms with van der Waals surface area (Å²) < 4.78 is 0. The van der Waals surface area contributed by atoms with E-state index in [0.29, 0.717) is 6.54 Å². The maximum atomic E-state index is 9.16. The largest absolute Gasteiger partial charge is 0.340 e. The molecule has 0 aliphatic rings. The van der Waals surface area contributed by atoms with Crippen LogP contribution in [0, 0.1) is 11.5 Å². The molecule has 0 amide bonds. The SMILES string of the molecule is CCN(C#N)C(C)c1nc2ccc(-c3ccccc3)cc2[nH]1. The van der Waals surface area contributed by atoms with Crippen molar-refractivity contribution in [3.8, 4) is 17.3 Å². The first kappa shape index (κ1) is 14.2. The lowest BCUT2D eigenvalue weighted by Gasteiger charge is -2.19. The van der Waals surface area contributed by atoms with Gasteiger partial charge in [0.05, 0.1) is 17.1 Å². The molecule has 0 saturated heterocycles. The lowest BCUT2D eigenvalue weighted by atomic mass is 10.1. The average molecular weight is 290 g/mol. The quantitative estimate of drug-likeness (QED) is 0.581. The number of imidazole rings is 1. The van der Waals surface area contributed by atoms with E-state index in [0.717, 1.165) is 22.4 Å². The predicted molar refractivity (Wildman–Crippen MR) is 87.9 cm³/mol. The minimum Gasteiger partial charge on any atom is -0.340 e. The van der Waals surface area contributed by atoms with Crippen LogP contribution < -0.4 is 0 Å². The van der Waals surface area contributed by atoms with Crippen molar-refractivity contribution in [3.05, 3.63) is 54.4 Å². The lowest BCUT2D eigenvalue weighted by molar-refractivity contribution is 0.318. The Labute approximate surface area is 130 Å². The van der Waals surface area contributed by atoms with Crippen molar-refractivity contribution in [1.29, 1.82) is 5.26 Å². The highest BCUT2D eigenvalue weighted by molar-refractivity contribution is 5.82. The van der Waals surface area contributed by atoms with E-state index in [9.17, 15) is 0 Å². The summed E-state index contributed by atoms with van der Waals surface area (Å²) in [5.74, 6) is 0.823. The standard InChI is InChI=1S/C18H18N4/c1-3-22(12-19)13(2)18-20-16-10-9-15(11-17(16)21-18)14-7-5-4-6-8-14/h4-11,13H,3H2,1-2H3,(H,20,21). The summed E-state index contributed by atoms with van der Waals surface area (Å²) in [4.78, 5) is 9.67. The molecule has 2 aromatic carbocycles. The van der Waals surface area contributed by atoms with Gasteiger partial charge in [-0.3, -0.25) is 0 Å². The van der Waals surface area contributed by atoms with Crippen molar-refractivity contribution in [2.75, 3.05) is 6.54 Å². The van der Waals surface area contributed by atoms with Gasteiger partial charge in [0.25, 0.3) is 0 Å². The van der Waals surface area contributed by atoms with E-state index in [2.05, 4.69) is 40.4 Å². The van der Waals surface area contributed by atoms with E-state index in [1.165, 1.54) is 5.56 Å². The first-order valence-electron chi connectivity index (χ1n) is 7.44. The van der Waals surface area contributed by atoms with Crippen molar-refractivity contribution in [1.82, 2.24) is 14.9 Å². The van der Waals surface area contributed by atoms with E-state index in [1.54, 1.807) is 4.90 Å². The first-order chi connectivity index (χ1) is 10.7. The normalized spacial score (nSPS) is 12.0. The maximum absolute atomic E-state index is 9.16. The molecule has 0 aliphatic heterocycles. The minimum absolute atomic E-state index is 0.0532. The zero-order chi connectivity index (χ0) is 15.5. The maximum Gasteiger partial charge on any atom is 0.179 e. The molecule has 0 aliphatic carbocycles.